The SMILES string of the molecule is COc1ccc2c3c(c4cc(OC)c(OC)cc4c2c1)CN1CC(/C(=C/C(=O)O)C(=O)O)C[C@H]1C3. The highest BCUT2D eigenvalue weighted by Gasteiger charge is 2.40. The van der Waals surface area contributed by atoms with Crippen molar-refractivity contribution in [3.63, 3.8) is 0 Å². The summed E-state index contributed by atoms with van der Waals surface area (Å²) in [5.41, 5.74) is 2.36. The number of hydrogen-bond donors (Lipinski definition) is 2. The molecule has 2 N–H and O–H groups in total. The molecule has 3 aromatic carbocycles. The standard InChI is InChI=1S/C27H27NO7/c1-33-16-4-5-17-19-7-15-6-14(18(27(31)32)11-26(29)30)12-28(15)13-23(19)22-10-25(35-3)24(34-2)9-21(22)20(17)8-16/h4-5,8-11,14-15H,6-7,12-13H2,1-3H3,(H,29,30)(H,31,32)/b18-11-/t14?,15-/m0/s1. The summed E-state index contributed by atoms with van der Waals surface area (Å²) < 4.78 is 16.7. The molecule has 0 bridgehead atoms. The van der Waals surface area contributed by atoms with E-state index in [4.69, 9.17) is 14.2 Å². The first-order valence-corrected chi connectivity index (χ1v) is 11.4. The molecule has 1 unspecified atom stereocenters. The molecule has 35 heavy (non-hydrogen) atoms. The van der Waals surface area contributed by atoms with Gasteiger partial charge >= 0.3 is 11.9 Å². The topological polar surface area (TPSA) is 106 Å². The summed E-state index contributed by atoms with van der Waals surface area (Å²) in [6.45, 7) is 1.15. The number of methoxy groups -OCH3 is 3. The van der Waals surface area contributed by atoms with E-state index >= 15 is 0 Å². The van der Waals surface area contributed by atoms with Crippen molar-refractivity contribution in [2.75, 3.05) is 27.9 Å². The van der Waals surface area contributed by atoms with Gasteiger partial charge in [-0.2, -0.15) is 0 Å². The molecule has 3 aromatic rings. The van der Waals surface area contributed by atoms with Crippen LogP contribution < -0.4 is 14.2 Å². The van der Waals surface area contributed by atoms with Gasteiger partial charge in [-0.1, -0.05) is 6.07 Å². The number of ether oxygens (including phenoxy) is 3. The van der Waals surface area contributed by atoms with Crippen molar-refractivity contribution in [3.05, 3.63) is 53.1 Å². The number of nitrogens with zero attached hydrogens (tertiary/aromatic N) is 1. The molecule has 8 nitrogen and oxygen atoms in total. The van der Waals surface area contributed by atoms with Gasteiger partial charge in [0.25, 0.3) is 0 Å². The van der Waals surface area contributed by atoms with E-state index in [1.54, 1.807) is 21.3 Å². The van der Waals surface area contributed by atoms with Crippen LogP contribution in [-0.2, 0) is 22.6 Å². The summed E-state index contributed by atoms with van der Waals surface area (Å²) in [6.07, 6.45) is 2.19. The third kappa shape index (κ3) is 3.83. The third-order valence-corrected chi connectivity index (χ3v) is 7.35. The second-order valence-electron chi connectivity index (χ2n) is 9.08. The molecule has 0 radical (unpaired) electrons. The normalized spacial score (nSPS) is 19.9. The summed E-state index contributed by atoms with van der Waals surface area (Å²) in [5.74, 6) is -0.698. The van der Waals surface area contributed by atoms with E-state index in [1.807, 2.05) is 24.3 Å². The Labute approximate surface area is 202 Å². The number of carbonyl (C=O) groups is 2. The third-order valence-electron chi connectivity index (χ3n) is 7.35. The van der Waals surface area contributed by atoms with E-state index in [0.717, 1.165) is 39.8 Å². The number of carboxylic acids is 2. The highest BCUT2D eigenvalue weighted by molar-refractivity contribution is 6.12. The minimum absolute atomic E-state index is 0.0400. The molecule has 2 atom stereocenters. The number of aliphatic carboxylic acids is 2. The van der Waals surface area contributed by atoms with Crippen molar-refractivity contribution in [3.8, 4) is 17.2 Å². The average Bonchev–Trinajstić information content (AvgIpc) is 3.27. The zero-order valence-corrected chi connectivity index (χ0v) is 19.8. The molecule has 1 fully saturated rings. The van der Waals surface area contributed by atoms with Gasteiger partial charge in [0, 0.05) is 36.7 Å². The van der Waals surface area contributed by atoms with Crippen molar-refractivity contribution in [1.29, 1.82) is 0 Å². The van der Waals surface area contributed by atoms with Gasteiger partial charge in [0.15, 0.2) is 11.5 Å². The fraction of sp³-hybridized carbons (Fsp3) is 0.333. The lowest BCUT2D eigenvalue weighted by Crippen LogP contribution is -2.35. The lowest BCUT2D eigenvalue weighted by atomic mass is 9.84. The molecule has 0 saturated carbocycles. The minimum Gasteiger partial charge on any atom is -0.497 e. The van der Waals surface area contributed by atoms with E-state index in [1.165, 1.54) is 11.1 Å². The van der Waals surface area contributed by atoms with Crippen LogP contribution in [0.25, 0.3) is 21.5 Å². The van der Waals surface area contributed by atoms with Crippen molar-refractivity contribution in [2.45, 2.75) is 25.4 Å². The van der Waals surface area contributed by atoms with Gasteiger partial charge < -0.3 is 24.4 Å². The van der Waals surface area contributed by atoms with Gasteiger partial charge in [0.2, 0.25) is 0 Å². The smallest absolute Gasteiger partial charge is 0.332 e. The molecule has 0 amide bonds. The zero-order valence-electron chi connectivity index (χ0n) is 19.8. The minimum atomic E-state index is -1.23. The molecule has 0 aliphatic carbocycles. The first-order valence-electron chi connectivity index (χ1n) is 11.4. The Kier molecular flexibility index (Phi) is 5.76. The zero-order chi connectivity index (χ0) is 24.9. The summed E-state index contributed by atoms with van der Waals surface area (Å²) in [6, 6.07) is 10.2. The summed E-state index contributed by atoms with van der Waals surface area (Å²) in [7, 11) is 4.88. The Morgan fingerprint density at radius 3 is 2.23 bits per heavy atom. The Morgan fingerprint density at radius 1 is 0.914 bits per heavy atom. The fourth-order valence-electron chi connectivity index (χ4n) is 5.77. The van der Waals surface area contributed by atoms with Crippen LogP contribution in [0.15, 0.2) is 42.0 Å². The monoisotopic (exact) mass is 477 g/mol. The highest BCUT2D eigenvalue weighted by Crippen LogP contribution is 2.45. The van der Waals surface area contributed by atoms with Gasteiger partial charge in [0.1, 0.15) is 5.75 Å². The number of benzene rings is 3. The molecule has 0 aromatic heterocycles. The van der Waals surface area contributed by atoms with Crippen molar-refractivity contribution >= 4 is 33.5 Å². The van der Waals surface area contributed by atoms with E-state index in [9.17, 15) is 19.8 Å². The van der Waals surface area contributed by atoms with Crippen LogP contribution in [-0.4, -0.2) is 61.0 Å². The van der Waals surface area contributed by atoms with Crippen LogP contribution in [0.2, 0.25) is 0 Å². The van der Waals surface area contributed by atoms with E-state index < -0.39 is 11.9 Å². The van der Waals surface area contributed by atoms with Crippen LogP contribution in [0.3, 0.4) is 0 Å². The van der Waals surface area contributed by atoms with Crippen LogP contribution in [0.1, 0.15) is 17.5 Å². The first kappa shape index (κ1) is 23.0. The molecule has 0 spiro atoms. The maximum atomic E-state index is 11.8. The van der Waals surface area contributed by atoms with E-state index in [2.05, 4.69) is 11.0 Å². The maximum absolute atomic E-state index is 11.8. The summed E-state index contributed by atoms with van der Waals surface area (Å²) in [5, 5.41) is 23.1. The van der Waals surface area contributed by atoms with Gasteiger partial charge in [-0.25, -0.2) is 9.59 Å². The summed E-state index contributed by atoms with van der Waals surface area (Å²) in [4.78, 5) is 25.3. The van der Waals surface area contributed by atoms with Crippen LogP contribution in [0.4, 0.5) is 0 Å². The molecular weight excluding hydrogens is 450 g/mol. The Bertz CT molecular complexity index is 1390. The molecule has 2 aliphatic rings. The molecular formula is C27H27NO7. The molecule has 1 saturated heterocycles. The van der Waals surface area contributed by atoms with E-state index in [0.29, 0.717) is 31.0 Å². The predicted molar refractivity (Wildman–Crippen MR) is 130 cm³/mol. The second-order valence-corrected chi connectivity index (χ2v) is 9.08. The lowest BCUT2D eigenvalue weighted by Gasteiger charge is -2.33. The van der Waals surface area contributed by atoms with Crippen LogP contribution >= 0.6 is 0 Å². The van der Waals surface area contributed by atoms with E-state index in [-0.39, 0.29) is 17.5 Å². The Morgan fingerprint density at radius 2 is 1.60 bits per heavy atom. The number of rotatable bonds is 6. The van der Waals surface area contributed by atoms with Crippen molar-refractivity contribution < 1.29 is 34.0 Å². The highest BCUT2D eigenvalue weighted by atomic mass is 16.5. The number of hydrogen-bond acceptors (Lipinski definition) is 6. The fourth-order valence-corrected chi connectivity index (χ4v) is 5.77. The van der Waals surface area contributed by atoms with Crippen LogP contribution in [0, 0.1) is 5.92 Å². The lowest BCUT2D eigenvalue weighted by molar-refractivity contribution is -0.135. The molecule has 2 aliphatic heterocycles. The van der Waals surface area contributed by atoms with Crippen molar-refractivity contribution in [2.24, 2.45) is 5.92 Å². The van der Waals surface area contributed by atoms with Gasteiger partial charge in [-0.15, -0.1) is 0 Å². The quantitative estimate of drug-likeness (QED) is 0.407. The first-order chi connectivity index (χ1) is 16.8. The Balaban J connectivity index is 1.67. The molecule has 2 heterocycles. The van der Waals surface area contributed by atoms with Gasteiger partial charge in [-0.05, 0) is 69.8 Å². The second kappa shape index (κ2) is 8.78. The van der Waals surface area contributed by atoms with Gasteiger partial charge in [0.05, 0.1) is 21.3 Å². The Hall–Kier alpha value is -3.78. The van der Waals surface area contributed by atoms with Crippen LogP contribution in [0.5, 0.6) is 17.2 Å². The largest absolute Gasteiger partial charge is 0.497 e. The molecule has 8 heteroatoms. The molecule has 5 rings (SSSR count). The summed E-state index contributed by atoms with van der Waals surface area (Å²) >= 11 is 0. The maximum Gasteiger partial charge on any atom is 0.332 e. The average molecular weight is 478 g/mol. The number of fused-ring (bicyclic) bond motifs is 7. The molecule has 182 valence electrons. The van der Waals surface area contributed by atoms with Crippen molar-refractivity contribution in [1.82, 2.24) is 4.90 Å². The predicted octanol–water partition coefficient (Wildman–Crippen LogP) is 3.86. The van der Waals surface area contributed by atoms with Gasteiger partial charge in [-0.3, -0.25) is 4.90 Å². The number of carboxylic acid groups (broad SMARTS) is 2.